The molecular weight excluding hydrogens is 475 g/mol. The Morgan fingerprint density at radius 1 is 1.06 bits per heavy atom. The average Bonchev–Trinajstić information content (AvgIpc) is 3.18. The lowest BCUT2D eigenvalue weighted by molar-refractivity contribution is -0.114. The molecule has 170 valence electrons. The van der Waals surface area contributed by atoms with E-state index in [1.807, 2.05) is 36.4 Å². The second kappa shape index (κ2) is 10.5. The molecule has 9 heteroatoms. The Balaban J connectivity index is 1.70. The van der Waals surface area contributed by atoms with Crippen molar-refractivity contribution >= 4 is 46.5 Å². The van der Waals surface area contributed by atoms with Crippen LogP contribution in [-0.2, 0) is 16.8 Å². The number of nitrogens with zero attached hydrogens (tertiary/aromatic N) is 1. The van der Waals surface area contributed by atoms with Gasteiger partial charge in [-0.15, -0.1) is 11.6 Å². The normalized spacial score (nSPS) is 11.3. The largest absolute Gasteiger partial charge is 0.489 e. The third-order valence-corrected chi connectivity index (χ3v) is 5.58. The molecule has 3 aromatic rings. The Hall–Kier alpha value is -2.41. The highest BCUT2D eigenvalue weighted by atomic mass is 35.5. The maximum atomic E-state index is 11.1. The zero-order valence-corrected chi connectivity index (χ0v) is 20.1. The predicted molar refractivity (Wildman–Crippen MR) is 126 cm³/mol. The molecule has 1 heterocycles. The topological polar surface area (TPSA) is 73.6 Å². The van der Waals surface area contributed by atoms with Crippen LogP contribution in [0.2, 0.25) is 10.0 Å². The molecule has 0 aliphatic heterocycles. The second-order valence-electron chi connectivity index (χ2n) is 7.60. The number of aromatic nitrogens is 1. The monoisotopic (exact) mass is 496 g/mol. The van der Waals surface area contributed by atoms with Crippen LogP contribution < -0.4 is 14.8 Å². The number of carbonyl (C=O) groups is 1. The first-order valence-corrected chi connectivity index (χ1v) is 11.1. The molecule has 1 amide bonds. The Morgan fingerprint density at radius 3 is 2.31 bits per heavy atom. The summed E-state index contributed by atoms with van der Waals surface area (Å²) in [6.07, 6.45) is 0. The SMILES string of the molecule is CC(=O)Nc1cc(COc2ccc(C(C)(C)c3cc(Cl)c(OCCCl)c(Cl)c3)cc2)on1. The molecule has 3 rings (SSSR count). The molecule has 0 spiro atoms. The fraction of sp³-hybridized carbons (Fsp3) is 0.304. The van der Waals surface area contributed by atoms with Crippen LogP contribution >= 0.6 is 34.8 Å². The Kier molecular flexibility index (Phi) is 7.93. The van der Waals surface area contributed by atoms with Gasteiger partial charge < -0.3 is 19.3 Å². The number of alkyl halides is 1. The summed E-state index contributed by atoms with van der Waals surface area (Å²) in [6, 6.07) is 13.1. The van der Waals surface area contributed by atoms with Crippen molar-refractivity contribution in [3.8, 4) is 11.5 Å². The van der Waals surface area contributed by atoms with Crippen molar-refractivity contribution in [1.82, 2.24) is 5.16 Å². The van der Waals surface area contributed by atoms with E-state index in [2.05, 4.69) is 24.3 Å². The number of anilines is 1. The van der Waals surface area contributed by atoms with E-state index < -0.39 is 0 Å². The van der Waals surface area contributed by atoms with Crippen molar-refractivity contribution in [3.05, 3.63) is 69.4 Å². The molecule has 1 N–H and O–H groups in total. The van der Waals surface area contributed by atoms with Crippen LogP contribution in [0.1, 0.15) is 37.7 Å². The summed E-state index contributed by atoms with van der Waals surface area (Å²) in [5.41, 5.74) is 1.64. The lowest BCUT2D eigenvalue weighted by atomic mass is 9.78. The van der Waals surface area contributed by atoms with E-state index in [4.69, 9.17) is 48.8 Å². The highest BCUT2D eigenvalue weighted by Gasteiger charge is 2.25. The van der Waals surface area contributed by atoms with Gasteiger partial charge in [-0.2, -0.15) is 0 Å². The van der Waals surface area contributed by atoms with E-state index in [1.54, 1.807) is 6.07 Å². The van der Waals surface area contributed by atoms with Gasteiger partial charge in [0.05, 0.1) is 15.9 Å². The highest BCUT2D eigenvalue weighted by molar-refractivity contribution is 6.37. The van der Waals surface area contributed by atoms with Gasteiger partial charge >= 0.3 is 0 Å². The number of ether oxygens (including phenoxy) is 2. The van der Waals surface area contributed by atoms with E-state index in [0.717, 1.165) is 11.1 Å². The van der Waals surface area contributed by atoms with E-state index >= 15 is 0 Å². The molecule has 6 nitrogen and oxygen atoms in total. The van der Waals surface area contributed by atoms with Crippen LogP contribution in [0.25, 0.3) is 0 Å². The average molecular weight is 498 g/mol. The lowest BCUT2D eigenvalue weighted by Crippen LogP contribution is -2.19. The standard InChI is InChI=1S/C23H23Cl3N2O4/c1-14(29)27-21-12-18(32-28-21)13-31-17-6-4-15(5-7-17)23(2,3)16-10-19(25)22(20(26)11-16)30-9-8-24/h4-7,10-12H,8-9,13H2,1-3H3,(H,27,28,29). The molecule has 0 saturated carbocycles. The van der Waals surface area contributed by atoms with Crippen LogP contribution in [-0.4, -0.2) is 23.6 Å². The number of hydrogen-bond donors (Lipinski definition) is 1. The van der Waals surface area contributed by atoms with Gasteiger partial charge in [0.15, 0.2) is 17.3 Å². The fourth-order valence-electron chi connectivity index (χ4n) is 3.11. The number of hydrogen-bond acceptors (Lipinski definition) is 5. The maximum Gasteiger partial charge on any atom is 0.222 e. The van der Waals surface area contributed by atoms with Crippen molar-refractivity contribution in [2.24, 2.45) is 0 Å². The molecule has 1 aromatic heterocycles. The molecule has 0 bridgehead atoms. The van der Waals surface area contributed by atoms with Crippen molar-refractivity contribution in [2.45, 2.75) is 32.8 Å². The summed E-state index contributed by atoms with van der Waals surface area (Å²) in [5.74, 6) is 2.09. The summed E-state index contributed by atoms with van der Waals surface area (Å²) in [5, 5.41) is 7.20. The zero-order valence-electron chi connectivity index (χ0n) is 17.9. The van der Waals surface area contributed by atoms with Crippen LogP contribution in [0, 0.1) is 0 Å². The van der Waals surface area contributed by atoms with E-state index in [9.17, 15) is 4.79 Å². The van der Waals surface area contributed by atoms with E-state index in [-0.39, 0.29) is 17.9 Å². The molecule has 0 radical (unpaired) electrons. The molecule has 0 saturated heterocycles. The van der Waals surface area contributed by atoms with Crippen molar-refractivity contribution in [1.29, 1.82) is 0 Å². The minimum absolute atomic E-state index is 0.185. The molecule has 0 atom stereocenters. The molecule has 2 aromatic carbocycles. The molecular formula is C23H23Cl3N2O4. The first kappa shape index (κ1) is 24.2. The highest BCUT2D eigenvalue weighted by Crippen LogP contribution is 2.40. The van der Waals surface area contributed by atoms with E-state index in [0.29, 0.717) is 45.6 Å². The van der Waals surface area contributed by atoms with Gasteiger partial charge in [0.25, 0.3) is 0 Å². The molecule has 0 fully saturated rings. The summed E-state index contributed by atoms with van der Waals surface area (Å²) < 4.78 is 16.5. The third-order valence-electron chi connectivity index (χ3n) is 4.86. The van der Waals surface area contributed by atoms with Gasteiger partial charge in [0.1, 0.15) is 19.0 Å². The molecule has 0 unspecified atom stereocenters. The van der Waals surface area contributed by atoms with Crippen molar-refractivity contribution in [3.63, 3.8) is 0 Å². The third kappa shape index (κ3) is 5.88. The van der Waals surface area contributed by atoms with E-state index in [1.165, 1.54) is 6.92 Å². The van der Waals surface area contributed by atoms with Gasteiger partial charge in [-0.25, -0.2) is 0 Å². The van der Waals surface area contributed by atoms with Gasteiger partial charge in [-0.05, 0) is 35.4 Å². The minimum atomic E-state index is -0.366. The molecule has 32 heavy (non-hydrogen) atoms. The van der Waals surface area contributed by atoms with Gasteiger partial charge in [-0.3, -0.25) is 4.79 Å². The Bertz CT molecular complexity index is 1060. The molecule has 0 aliphatic rings. The maximum absolute atomic E-state index is 11.1. The fourth-order valence-corrected chi connectivity index (χ4v) is 3.78. The first-order chi connectivity index (χ1) is 15.2. The zero-order chi connectivity index (χ0) is 23.3. The Morgan fingerprint density at radius 2 is 1.72 bits per heavy atom. The van der Waals surface area contributed by atoms with Crippen LogP contribution in [0.4, 0.5) is 5.82 Å². The smallest absolute Gasteiger partial charge is 0.222 e. The summed E-state index contributed by atoms with van der Waals surface area (Å²) in [7, 11) is 0. The van der Waals surface area contributed by atoms with Crippen LogP contribution in [0.3, 0.4) is 0 Å². The number of benzene rings is 2. The minimum Gasteiger partial charge on any atom is -0.489 e. The first-order valence-electron chi connectivity index (χ1n) is 9.85. The summed E-state index contributed by atoms with van der Waals surface area (Å²) in [6.45, 7) is 6.09. The second-order valence-corrected chi connectivity index (χ2v) is 8.80. The van der Waals surface area contributed by atoms with Crippen molar-refractivity contribution in [2.75, 3.05) is 17.8 Å². The lowest BCUT2D eigenvalue weighted by Gasteiger charge is -2.27. The Labute approximate surface area is 201 Å². The number of rotatable bonds is 9. The molecule has 0 aliphatic carbocycles. The quantitative estimate of drug-likeness (QED) is 0.343. The van der Waals surface area contributed by atoms with Gasteiger partial charge in [-0.1, -0.05) is 54.3 Å². The number of nitrogens with one attached hydrogen (secondary N) is 1. The number of amides is 1. The predicted octanol–water partition coefficient (Wildman–Crippen LogP) is 6.46. The van der Waals surface area contributed by atoms with Gasteiger partial charge in [0.2, 0.25) is 5.91 Å². The number of carbonyl (C=O) groups excluding carboxylic acids is 1. The van der Waals surface area contributed by atoms with Crippen molar-refractivity contribution < 1.29 is 18.8 Å². The number of halogens is 3. The van der Waals surface area contributed by atoms with Gasteiger partial charge in [0, 0.05) is 18.4 Å². The summed E-state index contributed by atoms with van der Waals surface area (Å²) >= 11 is 18.5. The summed E-state index contributed by atoms with van der Waals surface area (Å²) in [4.78, 5) is 11.1. The van der Waals surface area contributed by atoms with Crippen LogP contribution in [0.5, 0.6) is 11.5 Å². The van der Waals surface area contributed by atoms with Crippen LogP contribution in [0.15, 0.2) is 47.0 Å².